The van der Waals surface area contributed by atoms with Gasteiger partial charge in [-0.05, 0) is 32.9 Å². The molecule has 2 aliphatic rings. The Balaban J connectivity index is 1.91. The third-order valence-corrected chi connectivity index (χ3v) is 5.29. The van der Waals surface area contributed by atoms with Crippen LogP contribution in [-0.2, 0) is 14.8 Å². The fourth-order valence-electron chi connectivity index (χ4n) is 2.84. The van der Waals surface area contributed by atoms with Crippen molar-refractivity contribution in [2.75, 3.05) is 6.54 Å². The van der Waals surface area contributed by atoms with Crippen molar-refractivity contribution in [1.29, 1.82) is 0 Å². The first-order valence-electron chi connectivity index (χ1n) is 7.19. The molecule has 22 heavy (non-hydrogen) atoms. The number of fused-ring (bicyclic) bond motifs is 1. The van der Waals surface area contributed by atoms with Gasteiger partial charge >= 0.3 is 0 Å². The molecular weight excluding hydrogens is 302 g/mol. The maximum Gasteiger partial charge on any atom is 0.263 e. The summed E-state index contributed by atoms with van der Waals surface area (Å²) >= 11 is 0. The lowest BCUT2D eigenvalue weighted by Gasteiger charge is -2.31. The Labute approximate surface area is 130 Å². The molecule has 1 aromatic rings. The van der Waals surface area contributed by atoms with E-state index in [1.807, 2.05) is 20.8 Å². The summed E-state index contributed by atoms with van der Waals surface area (Å²) < 4.78 is 26.6. The van der Waals surface area contributed by atoms with Crippen molar-refractivity contribution in [1.82, 2.24) is 9.62 Å². The number of nitrogens with one attached hydrogen (secondary N) is 1. The number of amides is 1. The number of carbonyl (C=O) groups is 1. The lowest BCUT2D eigenvalue weighted by molar-refractivity contribution is -0.131. The maximum atomic E-state index is 12.1. The molecule has 1 saturated heterocycles. The molecule has 0 aromatic heterocycles. The lowest BCUT2D eigenvalue weighted by Crippen LogP contribution is -2.42. The van der Waals surface area contributed by atoms with Gasteiger partial charge in [-0.1, -0.05) is 12.1 Å². The zero-order chi connectivity index (χ0) is 16.1. The molecule has 0 radical (unpaired) electrons. The van der Waals surface area contributed by atoms with Crippen LogP contribution in [0.5, 0.6) is 0 Å². The Hall–Kier alpha value is -1.89. The van der Waals surface area contributed by atoms with Crippen LogP contribution in [0.25, 0.3) is 0 Å². The molecule has 1 unspecified atom stereocenters. The molecule has 7 heteroatoms. The van der Waals surface area contributed by atoms with Crippen LogP contribution in [0.1, 0.15) is 32.8 Å². The van der Waals surface area contributed by atoms with Crippen LogP contribution in [0.4, 0.5) is 0 Å². The number of rotatable bonds is 1. The Bertz CT molecular complexity index is 762. The Morgan fingerprint density at radius 2 is 1.95 bits per heavy atom. The van der Waals surface area contributed by atoms with Gasteiger partial charge < -0.3 is 4.90 Å². The number of hydrogen-bond donors (Lipinski definition) is 1. The SMILES string of the molecule is CC(C)(C)N1CC(N=C2NS(=O)(=O)c3ccccc32)CC1=O. The van der Waals surface area contributed by atoms with Gasteiger partial charge in [-0.2, -0.15) is 0 Å². The molecular formula is C15H19N3O3S. The van der Waals surface area contributed by atoms with Crippen molar-refractivity contribution >= 4 is 21.8 Å². The van der Waals surface area contributed by atoms with E-state index in [9.17, 15) is 13.2 Å². The van der Waals surface area contributed by atoms with Crippen LogP contribution in [-0.4, -0.2) is 43.2 Å². The fourth-order valence-corrected chi connectivity index (χ4v) is 4.07. The Kier molecular flexibility index (Phi) is 3.28. The average molecular weight is 321 g/mol. The molecule has 3 rings (SSSR count). The van der Waals surface area contributed by atoms with E-state index in [0.717, 1.165) is 0 Å². The first-order valence-corrected chi connectivity index (χ1v) is 8.67. The van der Waals surface area contributed by atoms with Crippen LogP contribution in [0.2, 0.25) is 0 Å². The highest BCUT2D eigenvalue weighted by Crippen LogP contribution is 2.26. The standard InChI is InChI=1S/C15H19N3O3S/c1-15(2,3)18-9-10(8-13(18)19)16-14-11-6-4-5-7-12(11)22(20,21)17-14/h4-7,10H,8-9H2,1-3H3,(H,16,17). The van der Waals surface area contributed by atoms with Crippen LogP contribution in [0.3, 0.4) is 0 Å². The number of carbonyl (C=O) groups excluding carboxylic acids is 1. The number of likely N-dealkylation sites (tertiary alicyclic amines) is 1. The second-order valence-electron chi connectivity index (χ2n) is 6.61. The fraction of sp³-hybridized carbons (Fsp3) is 0.467. The van der Waals surface area contributed by atoms with Crippen molar-refractivity contribution < 1.29 is 13.2 Å². The van der Waals surface area contributed by atoms with E-state index < -0.39 is 10.0 Å². The van der Waals surface area contributed by atoms with E-state index in [-0.39, 0.29) is 22.4 Å². The molecule has 1 aromatic carbocycles. The quantitative estimate of drug-likeness (QED) is 0.842. The minimum absolute atomic E-state index is 0.0518. The van der Waals surface area contributed by atoms with Gasteiger partial charge in [-0.25, -0.2) is 8.42 Å². The third-order valence-electron chi connectivity index (χ3n) is 3.89. The summed E-state index contributed by atoms with van der Waals surface area (Å²) in [6.07, 6.45) is 0.310. The lowest BCUT2D eigenvalue weighted by atomic mass is 10.1. The number of sulfonamides is 1. The predicted molar refractivity (Wildman–Crippen MR) is 83.2 cm³/mol. The summed E-state index contributed by atoms with van der Waals surface area (Å²) in [5.74, 6) is 0.389. The van der Waals surface area contributed by atoms with E-state index in [0.29, 0.717) is 24.4 Å². The smallest absolute Gasteiger partial charge is 0.263 e. The largest absolute Gasteiger partial charge is 0.336 e. The van der Waals surface area contributed by atoms with E-state index in [1.165, 1.54) is 0 Å². The molecule has 2 heterocycles. The molecule has 1 N–H and O–H groups in total. The molecule has 0 saturated carbocycles. The van der Waals surface area contributed by atoms with Gasteiger partial charge in [0.15, 0.2) is 0 Å². The summed E-state index contributed by atoms with van der Waals surface area (Å²) in [5.41, 5.74) is 0.322. The van der Waals surface area contributed by atoms with Gasteiger partial charge in [-0.3, -0.25) is 14.5 Å². The summed E-state index contributed by atoms with van der Waals surface area (Å²) in [4.78, 5) is 18.6. The van der Waals surface area contributed by atoms with E-state index in [2.05, 4.69) is 9.71 Å². The minimum Gasteiger partial charge on any atom is -0.336 e. The van der Waals surface area contributed by atoms with Crippen LogP contribution in [0.15, 0.2) is 34.2 Å². The molecule has 118 valence electrons. The van der Waals surface area contributed by atoms with Crippen molar-refractivity contribution in [3.63, 3.8) is 0 Å². The van der Waals surface area contributed by atoms with Crippen molar-refractivity contribution in [3.8, 4) is 0 Å². The van der Waals surface area contributed by atoms with Crippen molar-refractivity contribution in [2.24, 2.45) is 4.99 Å². The average Bonchev–Trinajstić information content (AvgIpc) is 2.89. The van der Waals surface area contributed by atoms with Gasteiger partial charge in [0.2, 0.25) is 5.91 Å². The normalized spacial score (nSPS) is 25.4. The predicted octanol–water partition coefficient (Wildman–Crippen LogP) is 1.12. The summed E-state index contributed by atoms with van der Waals surface area (Å²) in [5, 5.41) is 0. The van der Waals surface area contributed by atoms with Crippen LogP contribution < -0.4 is 4.72 Å². The zero-order valence-corrected chi connectivity index (χ0v) is 13.6. The van der Waals surface area contributed by atoms with Gasteiger partial charge in [0.1, 0.15) is 5.84 Å². The summed E-state index contributed by atoms with van der Waals surface area (Å²) in [6, 6.07) is 6.51. The van der Waals surface area contributed by atoms with Crippen LogP contribution >= 0.6 is 0 Å². The van der Waals surface area contributed by atoms with Crippen LogP contribution in [0, 0.1) is 0 Å². The molecule has 1 fully saturated rings. The van der Waals surface area contributed by atoms with Crippen molar-refractivity contribution in [3.05, 3.63) is 29.8 Å². The first-order chi connectivity index (χ1) is 10.2. The Morgan fingerprint density at radius 1 is 1.27 bits per heavy atom. The van der Waals surface area contributed by atoms with Crippen molar-refractivity contribution in [2.45, 2.75) is 43.7 Å². The topological polar surface area (TPSA) is 78.8 Å². The number of nitrogens with zero attached hydrogens (tertiary/aromatic N) is 2. The third kappa shape index (κ3) is 2.49. The molecule has 0 aliphatic carbocycles. The molecule has 6 nitrogen and oxygen atoms in total. The molecule has 2 aliphatic heterocycles. The zero-order valence-electron chi connectivity index (χ0n) is 12.8. The second kappa shape index (κ2) is 4.81. The number of aliphatic imine (C=N–C) groups is 1. The highest BCUT2D eigenvalue weighted by molar-refractivity contribution is 7.90. The molecule has 0 spiro atoms. The highest BCUT2D eigenvalue weighted by Gasteiger charge is 2.38. The van der Waals surface area contributed by atoms with E-state index >= 15 is 0 Å². The number of hydrogen-bond acceptors (Lipinski definition) is 4. The van der Waals surface area contributed by atoms with E-state index in [4.69, 9.17) is 0 Å². The summed E-state index contributed by atoms with van der Waals surface area (Å²) in [6.45, 7) is 6.45. The number of benzene rings is 1. The Morgan fingerprint density at radius 3 is 2.59 bits per heavy atom. The monoisotopic (exact) mass is 321 g/mol. The summed E-state index contributed by atoms with van der Waals surface area (Å²) in [7, 11) is -3.53. The van der Waals surface area contributed by atoms with E-state index in [1.54, 1.807) is 29.2 Å². The van der Waals surface area contributed by atoms with Gasteiger partial charge in [0, 0.05) is 17.6 Å². The number of amidine groups is 1. The molecule has 0 bridgehead atoms. The molecule has 1 atom stereocenters. The highest BCUT2D eigenvalue weighted by atomic mass is 32.2. The minimum atomic E-state index is -3.53. The molecule has 1 amide bonds. The van der Waals surface area contributed by atoms with Gasteiger partial charge in [-0.15, -0.1) is 0 Å². The second-order valence-corrected chi connectivity index (χ2v) is 8.26. The maximum absolute atomic E-state index is 12.1. The van der Waals surface area contributed by atoms with Gasteiger partial charge in [0.25, 0.3) is 10.0 Å². The first kappa shape index (κ1) is 15.0. The van der Waals surface area contributed by atoms with Gasteiger partial charge in [0.05, 0.1) is 17.4 Å².